The maximum absolute atomic E-state index is 5.79. The number of hydrogen-bond acceptors (Lipinski definition) is 3. The summed E-state index contributed by atoms with van der Waals surface area (Å²) in [4.78, 5) is 0. The van der Waals surface area contributed by atoms with Crippen LogP contribution in [0.4, 0.5) is 5.69 Å². The third-order valence-electron chi connectivity index (χ3n) is 2.32. The van der Waals surface area contributed by atoms with Gasteiger partial charge in [0.1, 0.15) is 5.75 Å². The van der Waals surface area contributed by atoms with Gasteiger partial charge in [-0.05, 0) is 25.5 Å². The molecule has 70 valence electrons. The van der Waals surface area contributed by atoms with E-state index >= 15 is 0 Å². The van der Waals surface area contributed by atoms with Crippen molar-refractivity contribution in [3.63, 3.8) is 0 Å². The first kappa shape index (κ1) is 8.38. The van der Waals surface area contributed by atoms with Crippen molar-refractivity contribution in [2.45, 2.75) is 13.3 Å². The van der Waals surface area contributed by atoms with Gasteiger partial charge in [-0.15, -0.1) is 0 Å². The summed E-state index contributed by atoms with van der Waals surface area (Å²) in [5, 5.41) is 1.78. The molecule has 0 bridgehead atoms. The van der Waals surface area contributed by atoms with Crippen LogP contribution in [0.3, 0.4) is 0 Å². The zero-order chi connectivity index (χ0) is 9.26. The molecule has 3 nitrogen and oxygen atoms in total. The first-order valence-corrected chi connectivity index (χ1v) is 4.60. The number of nitrogens with two attached hydrogens (primary N) is 1. The third kappa shape index (κ3) is 1.35. The van der Waals surface area contributed by atoms with Crippen LogP contribution in [-0.4, -0.2) is 13.2 Å². The topological polar surface area (TPSA) is 38.5 Å². The van der Waals surface area contributed by atoms with Gasteiger partial charge in [0, 0.05) is 12.1 Å². The van der Waals surface area contributed by atoms with Crippen LogP contribution in [0, 0.1) is 0 Å². The number of fused-ring (bicyclic) bond motifs is 1. The van der Waals surface area contributed by atoms with Crippen LogP contribution in [-0.2, 0) is 6.42 Å². The predicted octanol–water partition coefficient (Wildman–Crippen LogP) is 1.32. The van der Waals surface area contributed by atoms with Crippen molar-refractivity contribution in [3.8, 4) is 5.75 Å². The number of hydrazine groups is 1. The van der Waals surface area contributed by atoms with Crippen molar-refractivity contribution < 1.29 is 4.74 Å². The molecule has 0 spiro atoms. The number of benzene rings is 1. The van der Waals surface area contributed by atoms with Gasteiger partial charge in [-0.25, -0.2) is 5.84 Å². The Morgan fingerprint density at radius 2 is 2.38 bits per heavy atom. The quantitative estimate of drug-likeness (QED) is 0.694. The Hall–Kier alpha value is -1.22. The van der Waals surface area contributed by atoms with Gasteiger partial charge >= 0.3 is 0 Å². The number of anilines is 1. The molecule has 0 saturated carbocycles. The first-order chi connectivity index (χ1) is 6.33. The summed E-state index contributed by atoms with van der Waals surface area (Å²) < 4.78 is 5.51. The smallest absolute Gasteiger partial charge is 0.124 e. The normalized spacial score (nSPS) is 14.5. The van der Waals surface area contributed by atoms with E-state index in [9.17, 15) is 0 Å². The molecule has 1 aliphatic heterocycles. The van der Waals surface area contributed by atoms with Crippen molar-refractivity contribution in [1.29, 1.82) is 0 Å². The van der Waals surface area contributed by atoms with Gasteiger partial charge in [0.15, 0.2) is 0 Å². The minimum atomic E-state index is 0.709. The van der Waals surface area contributed by atoms with E-state index in [-0.39, 0.29) is 0 Å². The van der Waals surface area contributed by atoms with Gasteiger partial charge in [0.2, 0.25) is 0 Å². The molecular weight excluding hydrogens is 164 g/mol. The molecule has 1 aromatic carbocycles. The molecule has 1 aliphatic rings. The molecular formula is C10H14N2O. The Morgan fingerprint density at radius 1 is 1.54 bits per heavy atom. The molecule has 0 unspecified atom stereocenters. The summed E-state index contributed by atoms with van der Waals surface area (Å²) in [7, 11) is 0. The average Bonchev–Trinajstić information content (AvgIpc) is 2.50. The lowest BCUT2D eigenvalue weighted by Gasteiger charge is -2.12. The molecule has 0 radical (unpaired) electrons. The molecule has 0 saturated heterocycles. The summed E-state index contributed by atoms with van der Waals surface area (Å²) in [6.45, 7) is 3.59. The molecule has 1 heterocycles. The van der Waals surface area contributed by atoms with Crippen molar-refractivity contribution >= 4 is 5.69 Å². The van der Waals surface area contributed by atoms with Crippen LogP contribution in [0.25, 0.3) is 0 Å². The molecule has 0 aliphatic carbocycles. The van der Waals surface area contributed by atoms with Crippen LogP contribution in [0.2, 0.25) is 0 Å². The minimum Gasteiger partial charge on any atom is -0.494 e. The summed E-state index contributed by atoms with van der Waals surface area (Å²) >= 11 is 0. The van der Waals surface area contributed by atoms with Crippen LogP contribution < -0.4 is 15.6 Å². The second-order valence-corrected chi connectivity index (χ2v) is 3.13. The van der Waals surface area contributed by atoms with Crippen molar-refractivity contribution in [2.24, 2.45) is 5.84 Å². The molecule has 2 N–H and O–H groups in total. The highest BCUT2D eigenvalue weighted by Gasteiger charge is 2.19. The van der Waals surface area contributed by atoms with Gasteiger partial charge in [-0.1, -0.05) is 6.07 Å². The van der Waals surface area contributed by atoms with Gasteiger partial charge in [0.25, 0.3) is 0 Å². The predicted molar refractivity (Wildman–Crippen MR) is 52.8 cm³/mol. The highest BCUT2D eigenvalue weighted by molar-refractivity contribution is 5.62. The van der Waals surface area contributed by atoms with E-state index in [2.05, 4.69) is 0 Å². The zero-order valence-electron chi connectivity index (χ0n) is 7.79. The highest BCUT2D eigenvalue weighted by Crippen LogP contribution is 2.32. The average molecular weight is 178 g/mol. The maximum Gasteiger partial charge on any atom is 0.124 e. The van der Waals surface area contributed by atoms with Crippen molar-refractivity contribution in [1.82, 2.24) is 0 Å². The monoisotopic (exact) mass is 178 g/mol. The standard InChI is InChI=1S/C10H14N2O/c1-2-13-10-5-3-4-9-8(10)6-7-12(9)11/h3-5H,2,6-7,11H2,1H3. The Labute approximate surface area is 78.1 Å². The van der Waals surface area contributed by atoms with Gasteiger partial charge in [-0.2, -0.15) is 0 Å². The van der Waals surface area contributed by atoms with Crippen LogP contribution in [0.1, 0.15) is 12.5 Å². The van der Waals surface area contributed by atoms with Gasteiger partial charge in [-0.3, -0.25) is 0 Å². The second kappa shape index (κ2) is 3.26. The van der Waals surface area contributed by atoms with E-state index in [1.165, 1.54) is 5.56 Å². The summed E-state index contributed by atoms with van der Waals surface area (Å²) in [6, 6.07) is 6.02. The molecule has 0 aromatic heterocycles. The summed E-state index contributed by atoms with van der Waals surface area (Å²) in [5.41, 5.74) is 2.35. The van der Waals surface area contributed by atoms with Crippen LogP contribution in [0.5, 0.6) is 5.75 Å². The SMILES string of the molecule is CCOc1cccc2c1CCN2N. The van der Waals surface area contributed by atoms with E-state index < -0.39 is 0 Å². The first-order valence-electron chi connectivity index (χ1n) is 4.60. The highest BCUT2D eigenvalue weighted by atomic mass is 16.5. The number of nitrogens with zero attached hydrogens (tertiary/aromatic N) is 1. The van der Waals surface area contributed by atoms with Crippen molar-refractivity contribution in [3.05, 3.63) is 23.8 Å². The fraction of sp³-hybridized carbons (Fsp3) is 0.400. The lowest BCUT2D eigenvalue weighted by molar-refractivity contribution is 0.337. The van der Waals surface area contributed by atoms with E-state index in [1.54, 1.807) is 5.01 Å². The second-order valence-electron chi connectivity index (χ2n) is 3.13. The van der Waals surface area contributed by atoms with E-state index in [1.807, 2.05) is 25.1 Å². The lowest BCUT2D eigenvalue weighted by Crippen LogP contribution is -2.27. The van der Waals surface area contributed by atoms with Crippen LogP contribution in [0.15, 0.2) is 18.2 Å². The minimum absolute atomic E-state index is 0.709. The van der Waals surface area contributed by atoms with E-state index in [0.29, 0.717) is 6.61 Å². The number of hydrogen-bond donors (Lipinski definition) is 1. The summed E-state index contributed by atoms with van der Waals surface area (Å²) in [5.74, 6) is 6.77. The van der Waals surface area contributed by atoms with Crippen molar-refractivity contribution in [2.75, 3.05) is 18.2 Å². The molecule has 0 fully saturated rings. The molecule has 1 aromatic rings. The lowest BCUT2D eigenvalue weighted by atomic mass is 10.1. The maximum atomic E-state index is 5.79. The number of rotatable bonds is 2. The fourth-order valence-corrected chi connectivity index (χ4v) is 1.72. The molecule has 3 heteroatoms. The largest absolute Gasteiger partial charge is 0.494 e. The number of ether oxygens (including phenoxy) is 1. The Balaban J connectivity index is 2.38. The third-order valence-corrected chi connectivity index (χ3v) is 2.32. The Kier molecular flexibility index (Phi) is 2.10. The van der Waals surface area contributed by atoms with E-state index in [0.717, 1.165) is 24.4 Å². The molecule has 0 amide bonds. The molecule has 2 rings (SSSR count). The fourth-order valence-electron chi connectivity index (χ4n) is 1.72. The van der Waals surface area contributed by atoms with Gasteiger partial charge in [0.05, 0.1) is 12.3 Å². The Morgan fingerprint density at radius 3 is 3.15 bits per heavy atom. The van der Waals surface area contributed by atoms with Crippen LogP contribution >= 0.6 is 0 Å². The molecule has 0 atom stereocenters. The molecule has 13 heavy (non-hydrogen) atoms. The summed E-state index contributed by atoms with van der Waals surface area (Å²) in [6.07, 6.45) is 0.988. The van der Waals surface area contributed by atoms with E-state index in [4.69, 9.17) is 10.6 Å². The zero-order valence-corrected chi connectivity index (χ0v) is 7.79. The Bertz CT molecular complexity index is 312. The van der Waals surface area contributed by atoms with Gasteiger partial charge < -0.3 is 9.75 Å².